The van der Waals surface area contributed by atoms with E-state index in [9.17, 15) is 17.6 Å². The van der Waals surface area contributed by atoms with Gasteiger partial charge in [-0.3, -0.25) is 9.52 Å². The van der Waals surface area contributed by atoms with Crippen LogP contribution in [0.5, 0.6) is 5.75 Å². The average Bonchev–Trinajstić information content (AvgIpc) is 2.72. The van der Waals surface area contributed by atoms with Gasteiger partial charge in [0, 0.05) is 10.7 Å². The van der Waals surface area contributed by atoms with Gasteiger partial charge in [-0.1, -0.05) is 17.7 Å². The van der Waals surface area contributed by atoms with Crippen molar-refractivity contribution >= 4 is 38.9 Å². The molecule has 3 aromatic rings. The van der Waals surface area contributed by atoms with E-state index < -0.39 is 27.9 Å². The Morgan fingerprint density at radius 2 is 1.61 bits per heavy atom. The number of benzene rings is 3. The summed E-state index contributed by atoms with van der Waals surface area (Å²) < 4.78 is 46.0. The number of nitrogens with one attached hydrogen (secondary N) is 2. The number of sulfonamides is 1. The standard InChI is InChI=1S/C22H20ClFN2O4S/c1-14-3-6-18(13-21(14)23)26-31(28,29)20-11-7-17(8-12-20)25-22(27)15(2)30-19-9-4-16(24)5-10-19/h3-13,15,26H,1-2H3,(H,25,27)/t15-/m0/s1. The zero-order chi connectivity index (χ0) is 22.6. The van der Waals surface area contributed by atoms with Crippen LogP contribution in [-0.2, 0) is 14.8 Å². The van der Waals surface area contributed by atoms with Crippen molar-refractivity contribution in [2.45, 2.75) is 24.8 Å². The van der Waals surface area contributed by atoms with E-state index in [-0.39, 0.29) is 4.90 Å². The van der Waals surface area contributed by atoms with Gasteiger partial charge in [0.25, 0.3) is 15.9 Å². The number of carbonyl (C=O) groups excluding carboxylic acids is 1. The summed E-state index contributed by atoms with van der Waals surface area (Å²) in [5.74, 6) is -0.486. The molecule has 0 aliphatic rings. The lowest BCUT2D eigenvalue weighted by atomic mass is 10.2. The summed E-state index contributed by atoms with van der Waals surface area (Å²) >= 11 is 6.04. The maximum Gasteiger partial charge on any atom is 0.265 e. The van der Waals surface area contributed by atoms with E-state index in [0.717, 1.165) is 5.56 Å². The minimum absolute atomic E-state index is 0.0257. The summed E-state index contributed by atoms with van der Waals surface area (Å²) in [6.45, 7) is 3.37. The van der Waals surface area contributed by atoms with Crippen molar-refractivity contribution in [3.63, 3.8) is 0 Å². The average molecular weight is 463 g/mol. The van der Waals surface area contributed by atoms with Gasteiger partial charge in [-0.25, -0.2) is 12.8 Å². The highest BCUT2D eigenvalue weighted by Gasteiger charge is 2.17. The number of halogens is 2. The molecule has 9 heteroatoms. The van der Waals surface area contributed by atoms with Crippen LogP contribution in [0.1, 0.15) is 12.5 Å². The maximum atomic E-state index is 13.0. The van der Waals surface area contributed by atoms with Gasteiger partial charge in [0.15, 0.2) is 6.10 Å². The first-order valence-corrected chi connectivity index (χ1v) is 11.1. The normalized spacial score (nSPS) is 12.1. The van der Waals surface area contributed by atoms with Crippen LogP contribution < -0.4 is 14.8 Å². The zero-order valence-electron chi connectivity index (χ0n) is 16.7. The fraction of sp³-hybridized carbons (Fsp3) is 0.136. The Morgan fingerprint density at radius 3 is 2.23 bits per heavy atom. The molecule has 1 amide bonds. The highest BCUT2D eigenvalue weighted by molar-refractivity contribution is 7.92. The number of aryl methyl sites for hydroxylation is 1. The molecular weight excluding hydrogens is 443 g/mol. The second kappa shape index (κ2) is 9.36. The van der Waals surface area contributed by atoms with Gasteiger partial charge >= 0.3 is 0 Å². The number of amides is 1. The van der Waals surface area contributed by atoms with E-state index in [1.807, 2.05) is 6.92 Å². The summed E-state index contributed by atoms with van der Waals surface area (Å²) in [5.41, 5.74) is 1.58. The predicted octanol–water partition coefficient (Wildman–Crippen LogP) is 4.99. The lowest BCUT2D eigenvalue weighted by Crippen LogP contribution is -2.30. The van der Waals surface area contributed by atoms with Crippen molar-refractivity contribution in [2.75, 3.05) is 10.0 Å². The molecule has 0 aromatic heterocycles. The van der Waals surface area contributed by atoms with Crippen LogP contribution in [0.25, 0.3) is 0 Å². The van der Waals surface area contributed by atoms with E-state index in [0.29, 0.717) is 22.1 Å². The molecule has 6 nitrogen and oxygen atoms in total. The van der Waals surface area contributed by atoms with Gasteiger partial charge < -0.3 is 10.1 Å². The summed E-state index contributed by atoms with van der Waals surface area (Å²) in [6.07, 6.45) is -0.846. The van der Waals surface area contributed by atoms with Crippen molar-refractivity contribution in [1.29, 1.82) is 0 Å². The summed E-state index contributed by atoms with van der Waals surface area (Å²) in [6, 6.07) is 15.9. The largest absolute Gasteiger partial charge is 0.481 e. The van der Waals surface area contributed by atoms with Crippen LogP contribution in [0.2, 0.25) is 5.02 Å². The highest BCUT2D eigenvalue weighted by Crippen LogP contribution is 2.23. The molecule has 3 aromatic carbocycles. The summed E-state index contributed by atoms with van der Waals surface area (Å²) in [5, 5.41) is 3.10. The van der Waals surface area contributed by atoms with E-state index in [4.69, 9.17) is 16.3 Å². The Hall–Kier alpha value is -3.10. The molecule has 31 heavy (non-hydrogen) atoms. The zero-order valence-corrected chi connectivity index (χ0v) is 18.3. The monoisotopic (exact) mass is 462 g/mol. The molecule has 0 heterocycles. The SMILES string of the molecule is Cc1ccc(NS(=O)(=O)c2ccc(NC(=O)[C@H](C)Oc3ccc(F)cc3)cc2)cc1Cl. The van der Waals surface area contributed by atoms with Crippen LogP contribution in [0, 0.1) is 12.7 Å². The number of hydrogen-bond acceptors (Lipinski definition) is 4. The molecule has 0 aliphatic carbocycles. The quantitative estimate of drug-likeness (QED) is 0.517. The van der Waals surface area contributed by atoms with Crippen LogP contribution >= 0.6 is 11.6 Å². The molecule has 162 valence electrons. The molecule has 0 unspecified atom stereocenters. The lowest BCUT2D eigenvalue weighted by Gasteiger charge is -2.15. The fourth-order valence-corrected chi connectivity index (χ4v) is 3.83. The number of rotatable bonds is 7. The summed E-state index contributed by atoms with van der Waals surface area (Å²) in [7, 11) is -3.83. The van der Waals surface area contributed by atoms with E-state index in [1.165, 1.54) is 54.6 Å². The van der Waals surface area contributed by atoms with Crippen molar-refractivity contribution < 1.29 is 22.3 Å². The Bertz CT molecular complexity index is 1180. The molecule has 0 spiro atoms. The third-order valence-corrected chi connectivity index (χ3v) is 6.16. The third-order valence-electron chi connectivity index (χ3n) is 4.35. The minimum atomic E-state index is -3.83. The van der Waals surface area contributed by atoms with Crippen molar-refractivity contribution in [3.8, 4) is 5.75 Å². The van der Waals surface area contributed by atoms with Crippen molar-refractivity contribution in [1.82, 2.24) is 0 Å². The Morgan fingerprint density at radius 1 is 1.00 bits per heavy atom. The first kappa shape index (κ1) is 22.6. The smallest absolute Gasteiger partial charge is 0.265 e. The molecule has 2 N–H and O–H groups in total. The summed E-state index contributed by atoms with van der Waals surface area (Å²) in [4.78, 5) is 12.3. The fourth-order valence-electron chi connectivity index (χ4n) is 2.60. The van der Waals surface area contributed by atoms with Gasteiger partial charge in [-0.2, -0.15) is 0 Å². The number of anilines is 2. The molecule has 0 saturated heterocycles. The van der Waals surface area contributed by atoms with Gasteiger partial charge in [0.1, 0.15) is 11.6 Å². The molecule has 3 rings (SSSR count). The Labute approximate surface area is 185 Å². The van der Waals surface area contributed by atoms with Crippen LogP contribution in [0.15, 0.2) is 71.6 Å². The van der Waals surface area contributed by atoms with Crippen LogP contribution in [0.3, 0.4) is 0 Å². The topological polar surface area (TPSA) is 84.5 Å². The second-order valence-corrected chi connectivity index (χ2v) is 8.89. The maximum absolute atomic E-state index is 13.0. The molecule has 0 bridgehead atoms. The minimum Gasteiger partial charge on any atom is -0.481 e. The van der Waals surface area contributed by atoms with Crippen molar-refractivity contribution in [2.24, 2.45) is 0 Å². The lowest BCUT2D eigenvalue weighted by molar-refractivity contribution is -0.122. The first-order chi connectivity index (χ1) is 14.6. The van der Waals surface area contributed by atoms with E-state index >= 15 is 0 Å². The first-order valence-electron chi connectivity index (χ1n) is 9.26. The van der Waals surface area contributed by atoms with Gasteiger partial charge in [-0.05, 0) is 80.1 Å². The molecule has 0 saturated carbocycles. The number of carbonyl (C=O) groups is 1. The van der Waals surface area contributed by atoms with Gasteiger partial charge in [0.2, 0.25) is 0 Å². The highest BCUT2D eigenvalue weighted by atomic mass is 35.5. The molecule has 0 aliphatic heterocycles. The molecular formula is C22H20ClFN2O4S. The van der Waals surface area contributed by atoms with Crippen molar-refractivity contribution in [3.05, 3.63) is 83.1 Å². The number of ether oxygens (including phenoxy) is 1. The van der Waals surface area contributed by atoms with Crippen LogP contribution in [-0.4, -0.2) is 20.4 Å². The molecule has 0 fully saturated rings. The van der Waals surface area contributed by atoms with Gasteiger partial charge in [0.05, 0.1) is 10.6 Å². The van der Waals surface area contributed by atoms with E-state index in [1.54, 1.807) is 19.1 Å². The van der Waals surface area contributed by atoms with E-state index in [2.05, 4.69) is 10.0 Å². The predicted molar refractivity (Wildman–Crippen MR) is 119 cm³/mol. The Kier molecular flexibility index (Phi) is 6.82. The van der Waals surface area contributed by atoms with Crippen LogP contribution in [0.4, 0.5) is 15.8 Å². The number of hydrogen-bond donors (Lipinski definition) is 2. The Balaban J connectivity index is 1.63. The third kappa shape index (κ3) is 5.96. The van der Waals surface area contributed by atoms with Gasteiger partial charge in [-0.15, -0.1) is 0 Å². The second-order valence-electron chi connectivity index (χ2n) is 6.80. The molecule has 1 atom stereocenters. The molecule has 0 radical (unpaired) electrons.